The van der Waals surface area contributed by atoms with Crippen molar-refractivity contribution < 1.29 is 0 Å². The van der Waals surface area contributed by atoms with Crippen LogP contribution in [-0.4, -0.2) is 54.1 Å². The van der Waals surface area contributed by atoms with Gasteiger partial charge in [0.1, 0.15) is 0 Å². The van der Waals surface area contributed by atoms with Gasteiger partial charge < -0.3 is 15.1 Å². The molecule has 20 heavy (non-hydrogen) atoms. The molecule has 0 aliphatic heterocycles. The van der Waals surface area contributed by atoms with E-state index < -0.39 is 0 Å². The number of nitrogens with one attached hydrogen (secondary N) is 1. The Kier molecular flexibility index (Phi) is 6.88. The number of aromatic nitrogens is 2. The van der Waals surface area contributed by atoms with Crippen LogP contribution in [0.3, 0.4) is 0 Å². The van der Waals surface area contributed by atoms with Gasteiger partial charge in [0.05, 0.1) is 0 Å². The van der Waals surface area contributed by atoms with E-state index in [0.717, 1.165) is 31.1 Å². The van der Waals surface area contributed by atoms with Crippen LogP contribution in [0.2, 0.25) is 0 Å². The fraction of sp³-hybridized carbons (Fsp3) is 0.733. The number of anilines is 1. The van der Waals surface area contributed by atoms with Gasteiger partial charge in [-0.05, 0) is 27.9 Å². The topological polar surface area (TPSA) is 44.3 Å². The highest BCUT2D eigenvalue weighted by Gasteiger charge is 2.15. The van der Waals surface area contributed by atoms with Crippen molar-refractivity contribution in [2.45, 2.75) is 46.3 Å². The molecule has 5 nitrogen and oxygen atoms in total. The third kappa shape index (κ3) is 5.43. The molecule has 5 heteroatoms. The smallest absolute Gasteiger partial charge is 0.225 e. The lowest BCUT2D eigenvalue weighted by molar-refractivity contribution is 0.371. The molecule has 0 saturated carbocycles. The second-order valence-electron chi connectivity index (χ2n) is 5.82. The van der Waals surface area contributed by atoms with Gasteiger partial charge in [0.15, 0.2) is 0 Å². The van der Waals surface area contributed by atoms with Crippen LogP contribution < -0.4 is 10.2 Å². The highest BCUT2D eigenvalue weighted by atomic mass is 15.3. The summed E-state index contributed by atoms with van der Waals surface area (Å²) in [6.07, 6.45) is 3.84. The highest BCUT2D eigenvalue weighted by Crippen LogP contribution is 2.11. The molecular formula is C15H29N5. The molecule has 0 amide bonds. The van der Waals surface area contributed by atoms with Crippen LogP contribution in [0.25, 0.3) is 0 Å². The van der Waals surface area contributed by atoms with E-state index in [1.807, 2.05) is 12.4 Å². The SMILES string of the molecule is CCN(c1ncc(CNC(C)C)cn1)C(C)CN(C)C. The summed E-state index contributed by atoms with van der Waals surface area (Å²) in [5.41, 5.74) is 1.12. The summed E-state index contributed by atoms with van der Waals surface area (Å²) in [4.78, 5) is 13.4. The van der Waals surface area contributed by atoms with Gasteiger partial charge in [-0.15, -0.1) is 0 Å². The first-order valence-electron chi connectivity index (χ1n) is 7.39. The summed E-state index contributed by atoms with van der Waals surface area (Å²) in [6, 6.07) is 0.872. The molecule has 0 aliphatic carbocycles. The predicted molar refractivity (Wildman–Crippen MR) is 85.0 cm³/mol. The van der Waals surface area contributed by atoms with E-state index in [-0.39, 0.29) is 0 Å². The molecule has 1 heterocycles. The molecular weight excluding hydrogens is 250 g/mol. The first kappa shape index (κ1) is 16.9. The van der Waals surface area contributed by atoms with Crippen LogP contribution in [0.1, 0.15) is 33.3 Å². The fourth-order valence-corrected chi connectivity index (χ4v) is 2.19. The summed E-state index contributed by atoms with van der Waals surface area (Å²) in [7, 11) is 4.18. The summed E-state index contributed by atoms with van der Waals surface area (Å²) in [5, 5.41) is 3.37. The van der Waals surface area contributed by atoms with Gasteiger partial charge in [0.2, 0.25) is 5.95 Å². The Balaban J connectivity index is 2.69. The molecule has 114 valence electrons. The van der Waals surface area contributed by atoms with Gasteiger partial charge in [0.25, 0.3) is 0 Å². The normalized spacial score (nSPS) is 13.0. The maximum atomic E-state index is 4.51. The van der Waals surface area contributed by atoms with Crippen molar-refractivity contribution in [3.8, 4) is 0 Å². The lowest BCUT2D eigenvalue weighted by atomic mass is 10.2. The van der Waals surface area contributed by atoms with Crippen molar-refractivity contribution in [1.29, 1.82) is 0 Å². The van der Waals surface area contributed by atoms with Crippen molar-refractivity contribution in [2.75, 3.05) is 32.1 Å². The molecule has 0 fully saturated rings. The third-order valence-electron chi connectivity index (χ3n) is 3.17. The van der Waals surface area contributed by atoms with Crippen LogP contribution in [0, 0.1) is 0 Å². The average Bonchev–Trinajstić information content (AvgIpc) is 2.37. The molecule has 0 aliphatic rings. The van der Waals surface area contributed by atoms with Gasteiger partial charge in [-0.1, -0.05) is 13.8 Å². The molecule has 0 bridgehead atoms. The molecule has 0 radical (unpaired) electrons. The Morgan fingerprint density at radius 1 is 1.15 bits per heavy atom. The number of hydrogen-bond donors (Lipinski definition) is 1. The highest BCUT2D eigenvalue weighted by molar-refractivity contribution is 5.31. The van der Waals surface area contributed by atoms with Gasteiger partial charge >= 0.3 is 0 Å². The zero-order valence-corrected chi connectivity index (χ0v) is 13.7. The van der Waals surface area contributed by atoms with E-state index in [1.165, 1.54) is 0 Å². The molecule has 0 aromatic carbocycles. The maximum Gasteiger partial charge on any atom is 0.225 e. The molecule has 1 aromatic rings. The monoisotopic (exact) mass is 279 g/mol. The lowest BCUT2D eigenvalue weighted by Crippen LogP contribution is -2.41. The Hall–Kier alpha value is -1.20. The van der Waals surface area contributed by atoms with Crippen molar-refractivity contribution in [1.82, 2.24) is 20.2 Å². The van der Waals surface area contributed by atoms with Crippen molar-refractivity contribution in [3.63, 3.8) is 0 Å². The number of rotatable bonds is 8. The lowest BCUT2D eigenvalue weighted by Gasteiger charge is -2.30. The molecule has 0 spiro atoms. The quantitative estimate of drug-likeness (QED) is 0.785. The fourth-order valence-electron chi connectivity index (χ4n) is 2.19. The number of likely N-dealkylation sites (N-methyl/N-ethyl adjacent to an activating group) is 2. The van der Waals surface area contributed by atoms with Crippen molar-refractivity contribution in [2.24, 2.45) is 0 Å². The Morgan fingerprint density at radius 3 is 2.20 bits per heavy atom. The average molecular weight is 279 g/mol. The molecule has 1 N–H and O–H groups in total. The van der Waals surface area contributed by atoms with E-state index >= 15 is 0 Å². The van der Waals surface area contributed by atoms with Crippen molar-refractivity contribution >= 4 is 5.95 Å². The second kappa shape index (κ2) is 8.17. The van der Waals surface area contributed by atoms with Crippen LogP contribution in [0.4, 0.5) is 5.95 Å². The summed E-state index contributed by atoms with van der Waals surface area (Å²) in [5.74, 6) is 0.815. The molecule has 1 unspecified atom stereocenters. The largest absolute Gasteiger partial charge is 0.337 e. The number of hydrogen-bond acceptors (Lipinski definition) is 5. The van der Waals surface area contributed by atoms with E-state index in [4.69, 9.17) is 0 Å². The van der Waals surface area contributed by atoms with E-state index in [0.29, 0.717) is 12.1 Å². The van der Waals surface area contributed by atoms with Crippen LogP contribution in [0.5, 0.6) is 0 Å². The van der Waals surface area contributed by atoms with Gasteiger partial charge in [0, 0.05) is 49.7 Å². The van der Waals surface area contributed by atoms with E-state index in [9.17, 15) is 0 Å². The zero-order chi connectivity index (χ0) is 15.1. The first-order chi connectivity index (χ1) is 9.43. The van der Waals surface area contributed by atoms with Crippen molar-refractivity contribution in [3.05, 3.63) is 18.0 Å². The number of nitrogens with zero attached hydrogens (tertiary/aromatic N) is 4. The summed E-state index contributed by atoms with van der Waals surface area (Å²) in [6.45, 7) is 11.3. The Morgan fingerprint density at radius 2 is 1.75 bits per heavy atom. The zero-order valence-electron chi connectivity index (χ0n) is 13.7. The predicted octanol–water partition coefficient (Wildman–Crippen LogP) is 1.75. The summed E-state index contributed by atoms with van der Waals surface area (Å²) < 4.78 is 0. The maximum absolute atomic E-state index is 4.51. The van der Waals surface area contributed by atoms with Crippen LogP contribution >= 0.6 is 0 Å². The van der Waals surface area contributed by atoms with Crippen LogP contribution in [0.15, 0.2) is 12.4 Å². The minimum atomic E-state index is 0.398. The molecule has 0 saturated heterocycles. The molecule has 1 aromatic heterocycles. The standard InChI is InChI=1S/C15H29N5/c1-7-20(13(4)11-19(5)6)15-17-9-14(10-18-15)8-16-12(2)3/h9-10,12-13,16H,7-8,11H2,1-6H3. The van der Waals surface area contributed by atoms with Gasteiger partial charge in [-0.3, -0.25) is 0 Å². The third-order valence-corrected chi connectivity index (χ3v) is 3.17. The second-order valence-corrected chi connectivity index (χ2v) is 5.82. The molecule has 1 rings (SSSR count). The minimum Gasteiger partial charge on any atom is -0.337 e. The van der Waals surface area contributed by atoms with E-state index in [2.05, 4.69) is 66.9 Å². The molecule has 1 atom stereocenters. The minimum absolute atomic E-state index is 0.398. The van der Waals surface area contributed by atoms with Crippen LogP contribution in [-0.2, 0) is 6.54 Å². The first-order valence-corrected chi connectivity index (χ1v) is 7.39. The van der Waals surface area contributed by atoms with Gasteiger partial charge in [-0.2, -0.15) is 0 Å². The van der Waals surface area contributed by atoms with Gasteiger partial charge in [-0.25, -0.2) is 9.97 Å². The summed E-state index contributed by atoms with van der Waals surface area (Å²) >= 11 is 0. The Bertz CT molecular complexity index is 374. The Labute approximate surface area is 123 Å². The van der Waals surface area contributed by atoms with E-state index in [1.54, 1.807) is 0 Å².